The Morgan fingerprint density at radius 1 is 1.15 bits per heavy atom. The van der Waals surface area contributed by atoms with Gasteiger partial charge in [-0.3, -0.25) is 9.36 Å². The van der Waals surface area contributed by atoms with Crippen LogP contribution < -0.4 is 5.32 Å². The maximum absolute atomic E-state index is 13.3. The number of carbonyl (C=O) groups excluding carboxylic acids is 1. The highest BCUT2D eigenvalue weighted by molar-refractivity contribution is 5.96. The number of carbonyl (C=O) groups is 1. The highest BCUT2D eigenvalue weighted by Gasteiger charge is 2.18. The number of halogens is 1. The Hall–Kier alpha value is -3.02. The molecule has 3 aromatic rings. The summed E-state index contributed by atoms with van der Waals surface area (Å²) in [5.74, 6) is 0.833. The lowest BCUT2D eigenvalue weighted by molar-refractivity contribution is 0.0919. The molecule has 1 amide bonds. The van der Waals surface area contributed by atoms with Crippen LogP contribution in [-0.2, 0) is 0 Å². The minimum atomic E-state index is -0.360. The van der Waals surface area contributed by atoms with Gasteiger partial charge in [0.15, 0.2) is 0 Å². The number of rotatable bonds is 3. The van der Waals surface area contributed by atoms with Crippen molar-refractivity contribution in [3.05, 3.63) is 66.0 Å². The van der Waals surface area contributed by atoms with Crippen LogP contribution in [0.2, 0.25) is 0 Å². The van der Waals surface area contributed by atoms with Crippen molar-refractivity contribution in [2.45, 2.75) is 33.2 Å². The van der Waals surface area contributed by atoms with E-state index in [0.717, 1.165) is 11.4 Å². The molecule has 2 heterocycles. The molecule has 2 aromatic heterocycles. The van der Waals surface area contributed by atoms with E-state index in [0.29, 0.717) is 17.1 Å². The topological polar surface area (TPSA) is 59.8 Å². The highest BCUT2D eigenvalue weighted by atomic mass is 19.1. The lowest BCUT2D eigenvalue weighted by atomic mass is 10.1. The highest BCUT2D eigenvalue weighted by Crippen LogP contribution is 2.22. The second-order valence-corrected chi connectivity index (χ2v) is 7.15. The average Bonchev–Trinajstić information content (AvgIpc) is 2.99. The predicted octanol–water partition coefficient (Wildman–Crippen LogP) is 3.91. The Morgan fingerprint density at radius 3 is 2.42 bits per heavy atom. The number of pyridine rings is 1. The van der Waals surface area contributed by atoms with Crippen LogP contribution in [0.5, 0.6) is 0 Å². The molecule has 1 aromatic carbocycles. The molecule has 0 spiro atoms. The third-order valence-corrected chi connectivity index (χ3v) is 3.78. The van der Waals surface area contributed by atoms with E-state index < -0.39 is 0 Å². The molecule has 0 unspecified atom stereocenters. The van der Waals surface area contributed by atoms with E-state index in [1.54, 1.807) is 41.2 Å². The van der Waals surface area contributed by atoms with Crippen molar-refractivity contribution in [2.24, 2.45) is 0 Å². The monoisotopic (exact) mass is 352 g/mol. The molecule has 0 aliphatic carbocycles. The lowest BCUT2D eigenvalue weighted by Gasteiger charge is -2.21. The number of nitrogens with zero attached hydrogens (tertiary/aromatic N) is 3. The molecule has 0 aliphatic heterocycles. The van der Waals surface area contributed by atoms with Crippen LogP contribution in [0.1, 0.15) is 37.0 Å². The van der Waals surface area contributed by atoms with Gasteiger partial charge in [-0.15, -0.1) is 0 Å². The number of aryl methyl sites for hydroxylation is 1. The first-order valence-corrected chi connectivity index (χ1v) is 8.34. The normalized spacial score (nSPS) is 11.4. The SMILES string of the molecule is Cc1nccn1-c1cc(C(=O)NC(C)(C)C)cc(-c2ccc(F)cc2)n1. The number of hydrogen-bond donors (Lipinski definition) is 1. The smallest absolute Gasteiger partial charge is 0.251 e. The van der Waals surface area contributed by atoms with E-state index in [4.69, 9.17) is 0 Å². The third-order valence-electron chi connectivity index (χ3n) is 3.78. The largest absolute Gasteiger partial charge is 0.347 e. The number of nitrogens with one attached hydrogen (secondary N) is 1. The van der Waals surface area contributed by atoms with Crippen molar-refractivity contribution >= 4 is 5.91 Å². The molecule has 0 aliphatic rings. The summed E-state index contributed by atoms with van der Waals surface area (Å²) in [6, 6.07) is 9.48. The van der Waals surface area contributed by atoms with Crippen LogP contribution in [0.15, 0.2) is 48.8 Å². The Morgan fingerprint density at radius 2 is 1.85 bits per heavy atom. The fourth-order valence-corrected chi connectivity index (χ4v) is 2.57. The van der Waals surface area contributed by atoms with Crippen LogP contribution in [0, 0.1) is 12.7 Å². The minimum absolute atomic E-state index is 0.192. The van der Waals surface area contributed by atoms with Gasteiger partial charge in [-0.25, -0.2) is 14.4 Å². The number of aromatic nitrogens is 3. The summed E-state index contributed by atoms with van der Waals surface area (Å²) in [6.45, 7) is 7.64. The van der Waals surface area contributed by atoms with Gasteiger partial charge in [0.05, 0.1) is 5.69 Å². The average molecular weight is 352 g/mol. The Balaban J connectivity index is 2.12. The molecular weight excluding hydrogens is 331 g/mol. The van der Waals surface area contributed by atoms with Crippen molar-refractivity contribution in [3.63, 3.8) is 0 Å². The molecule has 3 rings (SSSR count). The van der Waals surface area contributed by atoms with Gasteiger partial charge in [0.25, 0.3) is 5.91 Å². The Kier molecular flexibility index (Phi) is 4.59. The zero-order valence-corrected chi connectivity index (χ0v) is 15.2. The zero-order valence-electron chi connectivity index (χ0n) is 15.2. The van der Waals surface area contributed by atoms with E-state index in [1.165, 1.54) is 12.1 Å². The lowest BCUT2D eigenvalue weighted by Crippen LogP contribution is -2.40. The van der Waals surface area contributed by atoms with Crippen molar-refractivity contribution in [3.8, 4) is 17.1 Å². The summed E-state index contributed by atoms with van der Waals surface area (Å²) in [7, 11) is 0. The van der Waals surface area contributed by atoms with Crippen molar-refractivity contribution in [2.75, 3.05) is 0 Å². The Bertz CT molecular complexity index is 939. The maximum Gasteiger partial charge on any atom is 0.251 e. The third kappa shape index (κ3) is 3.96. The minimum Gasteiger partial charge on any atom is -0.347 e. The van der Waals surface area contributed by atoms with Gasteiger partial charge in [0.2, 0.25) is 0 Å². The molecule has 6 heteroatoms. The van der Waals surface area contributed by atoms with Gasteiger partial charge in [-0.2, -0.15) is 0 Å². The second kappa shape index (κ2) is 6.71. The summed E-state index contributed by atoms with van der Waals surface area (Å²) < 4.78 is 15.1. The van der Waals surface area contributed by atoms with Crippen LogP contribution in [0.25, 0.3) is 17.1 Å². The molecule has 134 valence electrons. The summed E-state index contributed by atoms with van der Waals surface area (Å²) in [5, 5.41) is 2.96. The molecule has 0 saturated heterocycles. The number of hydrogen-bond acceptors (Lipinski definition) is 3. The molecule has 0 fully saturated rings. The fourth-order valence-electron chi connectivity index (χ4n) is 2.57. The van der Waals surface area contributed by atoms with E-state index in [-0.39, 0.29) is 17.3 Å². The van der Waals surface area contributed by atoms with Crippen LogP contribution >= 0.6 is 0 Å². The van der Waals surface area contributed by atoms with Crippen LogP contribution in [0.3, 0.4) is 0 Å². The summed E-state index contributed by atoms with van der Waals surface area (Å²) in [4.78, 5) is 21.5. The molecule has 1 N–H and O–H groups in total. The second-order valence-electron chi connectivity index (χ2n) is 7.15. The van der Waals surface area contributed by atoms with Crippen molar-refractivity contribution in [1.82, 2.24) is 19.9 Å². The maximum atomic E-state index is 13.3. The summed E-state index contributed by atoms with van der Waals surface area (Å²) in [6.07, 6.45) is 3.47. The fraction of sp³-hybridized carbons (Fsp3) is 0.250. The van der Waals surface area contributed by atoms with E-state index in [1.807, 2.05) is 27.7 Å². The number of amides is 1. The van der Waals surface area contributed by atoms with Crippen molar-refractivity contribution < 1.29 is 9.18 Å². The van der Waals surface area contributed by atoms with Gasteiger partial charge in [-0.05, 0) is 64.1 Å². The number of imidazole rings is 1. The van der Waals surface area contributed by atoms with Crippen LogP contribution in [-0.4, -0.2) is 26.0 Å². The quantitative estimate of drug-likeness (QED) is 0.777. The molecule has 0 bridgehead atoms. The molecule has 0 saturated carbocycles. The van der Waals surface area contributed by atoms with E-state index in [2.05, 4.69) is 15.3 Å². The van der Waals surface area contributed by atoms with Gasteiger partial charge in [0, 0.05) is 29.1 Å². The molecule has 26 heavy (non-hydrogen) atoms. The predicted molar refractivity (Wildman–Crippen MR) is 98.7 cm³/mol. The molecule has 0 atom stereocenters. The summed E-state index contributed by atoms with van der Waals surface area (Å²) in [5.41, 5.74) is 1.45. The van der Waals surface area contributed by atoms with Gasteiger partial charge in [0.1, 0.15) is 17.5 Å². The van der Waals surface area contributed by atoms with Crippen molar-refractivity contribution in [1.29, 1.82) is 0 Å². The Labute approximate surface area is 151 Å². The first-order valence-electron chi connectivity index (χ1n) is 8.34. The molecule has 5 nitrogen and oxygen atoms in total. The zero-order chi connectivity index (χ0) is 18.9. The van der Waals surface area contributed by atoms with E-state index in [9.17, 15) is 9.18 Å². The molecular formula is C20H21FN4O. The molecule has 0 radical (unpaired) electrons. The van der Waals surface area contributed by atoms with Gasteiger partial charge >= 0.3 is 0 Å². The first kappa shape index (κ1) is 17.8. The first-order chi connectivity index (χ1) is 12.2. The van der Waals surface area contributed by atoms with Gasteiger partial charge < -0.3 is 5.32 Å². The van der Waals surface area contributed by atoms with E-state index >= 15 is 0 Å². The number of benzene rings is 1. The summed E-state index contributed by atoms with van der Waals surface area (Å²) >= 11 is 0. The van der Waals surface area contributed by atoms with Crippen LogP contribution in [0.4, 0.5) is 4.39 Å². The van der Waals surface area contributed by atoms with Gasteiger partial charge in [-0.1, -0.05) is 0 Å². The standard InChI is InChI=1S/C20H21FN4O/c1-13-22-9-10-25(13)18-12-15(19(26)24-20(2,3)4)11-17(23-18)14-5-7-16(21)8-6-14/h5-12H,1-4H3,(H,24,26).